The van der Waals surface area contributed by atoms with E-state index in [1.165, 1.54) is 26.7 Å². The van der Waals surface area contributed by atoms with Crippen LogP contribution in [0.4, 0.5) is 0 Å². The number of hydrogen-bond donors (Lipinski definition) is 1. The molecule has 0 saturated carbocycles. The van der Waals surface area contributed by atoms with Crippen LogP contribution in [0.25, 0.3) is 0 Å². The molecule has 0 amide bonds. The van der Waals surface area contributed by atoms with Crippen LogP contribution in [-0.2, 0) is 13.0 Å². The van der Waals surface area contributed by atoms with Crippen molar-refractivity contribution in [2.75, 3.05) is 0 Å². The second-order valence-electron chi connectivity index (χ2n) is 5.50. The summed E-state index contributed by atoms with van der Waals surface area (Å²) in [5, 5.41) is 3.60. The molecule has 0 heterocycles. The van der Waals surface area contributed by atoms with Crippen molar-refractivity contribution in [3.63, 3.8) is 0 Å². The van der Waals surface area contributed by atoms with Crippen LogP contribution in [0, 0.1) is 13.8 Å². The van der Waals surface area contributed by atoms with E-state index in [-0.39, 0.29) is 0 Å². The van der Waals surface area contributed by atoms with E-state index >= 15 is 0 Å². The third-order valence-corrected chi connectivity index (χ3v) is 4.53. The van der Waals surface area contributed by atoms with Gasteiger partial charge in [0, 0.05) is 17.1 Å². The van der Waals surface area contributed by atoms with Crippen LogP contribution in [0.2, 0.25) is 0 Å². The first-order valence-electron chi connectivity index (χ1n) is 7.09. The summed E-state index contributed by atoms with van der Waals surface area (Å²) in [4.78, 5) is 0. The van der Waals surface area contributed by atoms with Crippen molar-refractivity contribution in [2.24, 2.45) is 0 Å². The first kappa shape index (κ1) is 15.3. The molecule has 106 valence electrons. The van der Waals surface area contributed by atoms with E-state index in [1.807, 2.05) is 0 Å². The Morgan fingerprint density at radius 1 is 1.05 bits per heavy atom. The van der Waals surface area contributed by atoms with Gasteiger partial charge in [-0.25, -0.2) is 0 Å². The van der Waals surface area contributed by atoms with Crippen molar-refractivity contribution in [3.05, 3.63) is 69.2 Å². The standard InChI is InChI=1S/C18H22BrN/c1-13-6-4-5-7-17(13)10-15(3)20-12-16-9-8-14(2)18(19)11-16/h4-9,11,15,20H,10,12H2,1-3H3. The quantitative estimate of drug-likeness (QED) is 0.830. The highest BCUT2D eigenvalue weighted by Crippen LogP contribution is 2.17. The van der Waals surface area contributed by atoms with Crippen LogP contribution < -0.4 is 5.32 Å². The van der Waals surface area contributed by atoms with Gasteiger partial charge in [0.05, 0.1) is 0 Å². The number of halogens is 1. The third-order valence-electron chi connectivity index (χ3n) is 3.68. The average molecular weight is 332 g/mol. The second kappa shape index (κ2) is 7.05. The van der Waals surface area contributed by atoms with Gasteiger partial charge in [0.25, 0.3) is 0 Å². The molecule has 0 spiro atoms. The van der Waals surface area contributed by atoms with Gasteiger partial charge in [-0.05, 0) is 55.5 Å². The summed E-state index contributed by atoms with van der Waals surface area (Å²) in [7, 11) is 0. The first-order valence-corrected chi connectivity index (χ1v) is 7.88. The highest BCUT2D eigenvalue weighted by atomic mass is 79.9. The van der Waals surface area contributed by atoms with Gasteiger partial charge < -0.3 is 5.32 Å². The normalized spacial score (nSPS) is 12.4. The van der Waals surface area contributed by atoms with Crippen LogP contribution in [0.1, 0.15) is 29.2 Å². The maximum Gasteiger partial charge on any atom is 0.0208 e. The zero-order valence-electron chi connectivity index (χ0n) is 12.4. The Bertz CT molecular complexity index is 577. The largest absolute Gasteiger partial charge is 0.310 e. The van der Waals surface area contributed by atoms with Crippen molar-refractivity contribution < 1.29 is 0 Å². The SMILES string of the molecule is Cc1ccc(CNC(C)Cc2ccccc2C)cc1Br. The van der Waals surface area contributed by atoms with Crippen molar-refractivity contribution in [3.8, 4) is 0 Å². The van der Waals surface area contributed by atoms with Crippen molar-refractivity contribution in [1.29, 1.82) is 0 Å². The molecule has 0 bridgehead atoms. The second-order valence-corrected chi connectivity index (χ2v) is 6.35. The third kappa shape index (κ3) is 4.19. The highest BCUT2D eigenvalue weighted by Gasteiger charge is 2.05. The minimum absolute atomic E-state index is 0.469. The lowest BCUT2D eigenvalue weighted by molar-refractivity contribution is 0.544. The van der Waals surface area contributed by atoms with Gasteiger partial charge in [-0.2, -0.15) is 0 Å². The molecule has 0 aliphatic carbocycles. The Morgan fingerprint density at radius 3 is 2.50 bits per heavy atom. The lowest BCUT2D eigenvalue weighted by Crippen LogP contribution is -2.27. The topological polar surface area (TPSA) is 12.0 Å². The minimum Gasteiger partial charge on any atom is -0.310 e. The Balaban J connectivity index is 1.90. The molecule has 1 atom stereocenters. The van der Waals surface area contributed by atoms with E-state index in [0.29, 0.717) is 6.04 Å². The number of benzene rings is 2. The summed E-state index contributed by atoms with van der Waals surface area (Å²) in [6.45, 7) is 7.45. The van der Waals surface area contributed by atoms with Gasteiger partial charge in [-0.15, -0.1) is 0 Å². The van der Waals surface area contributed by atoms with E-state index < -0.39 is 0 Å². The minimum atomic E-state index is 0.469. The molecule has 0 fully saturated rings. The fourth-order valence-electron chi connectivity index (χ4n) is 2.28. The molecule has 0 saturated heterocycles. The van der Waals surface area contributed by atoms with Crippen LogP contribution in [0.3, 0.4) is 0 Å². The molecule has 0 aliphatic rings. The molecule has 0 aromatic heterocycles. The first-order chi connectivity index (χ1) is 9.56. The van der Waals surface area contributed by atoms with E-state index in [0.717, 1.165) is 13.0 Å². The fourth-order valence-corrected chi connectivity index (χ4v) is 2.71. The number of rotatable bonds is 5. The smallest absolute Gasteiger partial charge is 0.0208 e. The predicted molar refractivity (Wildman–Crippen MR) is 90.1 cm³/mol. The monoisotopic (exact) mass is 331 g/mol. The molecule has 2 aromatic carbocycles. The number of nitrogens with one attached hydrogen (secondary N) is 1. The molecule has 2 aromatic rings. The van der Waals surface area contributed by atoms with Gasteiger partial charge in [-0.1, -0.05) is 52.3 Å². The summed E-state index contributed by atoms with van der Waals surface area (Å²) in [6.07, 6.45) is 1.07. The summed E-state index contributed by atoms with van der Waals surface area (Å²) in [5.74, 6) is 0. The van der Waals surface area contributed by atoms with Gasteiger partial charge in [0.2, 0.25) is 0 Å². The Labute approximate surface area is 130 Å². The molecule has 2 rings (SSSR count). The van der Waals surface area contributed by atoms with Crippen LogP contribution in [0.15, 0.2) is 46.9 Å². The van der Waals surface area contributed by atoms with Crippen LogP contribution in [-0.4, -0.2) is 6.04 Å². The van der Waals surface area contributed by atoms with Gasteiger partial charge >= 0.3 is 0 Å². The Kier molecular flexibility index (Phi) is 5.38. The number of hydrogen-bond acceptors (Lipinski definition) is 1. The molecule has 2 heteroatoms. The Hall–Kier alpha value is -1.12. The molecular weight excluding hydrogens is 310 g/mol. The number of aryl methyl sites for hydroxylation is 2. The Morgan fingerprint density at radius 2 is 1.80 bits per heavy atom. The summed E-state index contributed by atoms with van der Waals surface area (Å²) in [5.41, 5.74) is 5.40. The maximum absolute atomic E-state index is 3.60. The lowest BCUT2D eigenvalue weighted by atomic mass is 10.0. The molecular formula is C18H22BrN. The average Bonchev–Trinajstić information content (AvgIpc) is 2.43. The molecule has 0 aliphatic heterocycles. The summed E-state index contributed by atoms with van der Waals surface area (Å²) >= 11 is 3.59. The molecule has 20 heavy (non-hydrogen) atoms. The van der Waals surface area contributed by atoms with Gasteiger partial charge in [0.1, 0.15) is 0 Å². The molecule has 1 nitrogen and oxygen atoms in total. The predicted octanol–water partition coefficient (Wildman–Crippen LogP) is 4.79. The molecule has 1 N–H and O–H groups in total. The van der Waals surface area contributed by atoms with E-state index in [2.05, 4.69) is 84.5 Å². The zero-order chi connectivity index (χ0) is 14.5. The van der Waals surface area contributed by atoms with E-state index in [1.54, 1.807) is 0 Å². The summed E-state index contributed by atoms with van der Waals surface area (Å²) < 4.78 is 1.18. The van der Waals surface area contributed by atoms with Crippen molar-refractivity contribution in [2.45, 2.75) is 39.8 Å². The zero-order valence-corrected chi connectivity index (χ0v) is 14.0. The summed E-state index contributed by atoms with van der Waals surface area (Å²) in [6, 6.07) is 15.6. The van der Waals surface area contributed by atoms with Gasteiger partial charge in [-0.3, -0.25) is 0 Å². The van der Waals surface area contributed by atoms with Gasteiger partial charge in [0.15, 0.2) is 0 Å². The maximum atomic E-state index is 3.60. The molecule has 1 unspecified atom stereocenters. The fraction of sp³-hybridized carbons (Fsp3) is 0.333. The molecule has 0 radical (unpaired) electrons. The van der Waals surface area contributed by atoms with Crippen LogP contribution >= 0.6 is 15.9 Å². The van der Waals surface area contributed by atoms with Crippen molar-refractivity contribution >= 4 is 15.9 Å². The van der Waals surface area contributed by atoms with Crippen molar-refractivity contribution in [1.82, 2.24) is 5.32 Å². The lowest BCUT2D eigenvalue weighted by Gasteiger charge is -2.15. The van der Waals surface area contributed by atoms with E-state index in [9.17, 15) is 0 Å². The highest BCUT2D eigenvalue weighted by molar-refractivity contribution is 9.10. The van der Waals surface area contributed by atoms with E-state index in [4.69, 9.17) is 0 Å². The van der Waals surface area contributed by atoms with Crippen LogP contribution in [0.5, 0.6) is 0 Å².